The Hall–Kier alpha value is -2.64. The highest BCUT2D eigenvalue weighted by molar-refractivity contribution is 7.98. The van der Waals surface area contributed by atoms with Crippen molar-refractivity contribution in [3.63, 3.8) is 0 Å². The molecule has 0 unspecified atom stereocenters. The van der Waals surface area contributed by atoms with Gasteiger partial charge >= 0.3 is 0 Å². The summed E-state index contributed by atoms with van der Waals surface area (Å²) in [4.78, 5) is 4.70. The molecular weight excluding hydrogens is 412 g/mol. The van der Waals surface area contributed by atoms with Gasteiger partial charge in [-0.2, -0.15) is 0 Å². The third-order valence-corrected chi connectivity index (χ3v) is 6.52. The first-order chi connectivity index (χ1) is 14.7. The highest BCUT2D eigenvalue weighted by Gasteiger charge is 2.13. The third-order valence-electron chi connectivity index (χ3n) is 4.65. The van der Waals surface area contributed by atoms with Crippen molar-refractivity contribution in [3.8, 4) is 5.75 Å². The number of thiazole rings is 1. The van der Waals surface area contributed by atoms with Crippen LogP contribution in [-0.4, -0.2) is 19.7 Å². The Kier molecular flexibility index (Phi) is 6.81. The molecule has 2 aromatic carbocycles. The minimum Gasteiger partial charge on any atom is -0.486 e. The molecule has 0 N–H and O–H groups in total. The fraction of sp³-hybridized carbons (Fsp3) is 0.261. The Labute approximate surface area is 185 Å². The summed E-state index contributed by atoms with van der Waals surface area (Å²) in [6.45, 7) is 5.54. The second kappa shape index (κ2) is 9.91. The van der Waals surface area contributed by atoms with Crippen LogP contribution in [0.25, 0.3) is 0 Å². The Bertz CT molecular complexity index is 1070. The molecule has 4 rings (SSSR count). The molecule has 4 aromatic rings. The van der Waals surface area contributed by atoms with E-state index in [2.05, 4.69) is 70.4 Å². The molecule has 0 aliphatic carbocycles. The normalized spacial score (nSPS) is 11.0. The maximum atomic E-state index is 5.83. The first kappa shape index (κ1) is 20.6. The van der Waals surface area contributed by atoms with Crippen LogP contribution in [0.15, 0.2) is 65.1 Å². The van der Waals surface area contributed by atoms with Crippen LogP contribution in [0.5, 0.6) is 5.75 Å². The lowest BCUT2D eigenvalue weighted by Crippen LogP contribution is -2.04. The molecule has 0 saturated carbocycles. The monoisotopic (exact) mass is 436 g/mol. The molecule has 2 heterocycles. The van der Waals surface area contributed by atoms with Crippen LogP contribution in [0.4, 0.5) is 0 Å². The van der Waals surface area contributed by atoms with Crippen LogP contribution < -0.4 is 4.74 Å². The molecule has 0 spiro atoms. The number of benzene rings is 2. The van der Waals surface area contributed by atoms with Crippen LogP contribution in [0.1, 0.15) is 34.6 Å². The van der Waals surface area contributed by atoms with Gasteiger partial charge in [0.1, 0.15) is 23.2 Å². The number of nitrogens with zero attached hydrogens (tertiary/aromatic N) is 4. The van der Waals surface area contributed by atoms with Gasteiger partial charge in [-0.15, -0.1) is 21.5 Å². The second-order valence-electron chi connectivity index (χ2n) is 6.93. The molecule has 0 bridgehead atoms. The van der Waals surface area contributed by atoms with Crippen molar-refractivity contribution in [2.24, 2.45) is 0 Å². The van der Waals surface area contributed by atoms with Gasteiger partial charge in [-0.1, -0.05) is 59.8 Å². The number of aryl methyl sites for hydroxylation is 1. The Balaban J connectivity index is 1.34. The van der Waals surface area contributed by atoms with Crippen molar-refractivity contribution >= 4 is 23.1 Å². The summed E-state index contributed by atoms with van der Waals surface area (Å²) in [5, 5.41) is 12.9. The molecule has 7 heteroatoms. The van der Waals surface area contributed by atoms with Crippen molar-refractivity contribution in [2.45, 2.75) is 44.3 Å². The van der Waals surface area contributed by atoms with Gasteiger partial charge in [0.25, 0.3) is 0 Å². The summed E-state index contributed by atoms with van der Waals surface area (Å²) in [5.74, 6) is 2.63. The number of thioether (sulfide) groups is 1. The zero-order valence-corrected chi connectivity index (χ0v) is 18.7. The topological polar surface area (TPSA) is 52.8 Å². The number of rotatable bonds is 9. The van der Waals surface area contributed by atoms with Crippen LogP contribution in [0, 0.1) is 6.92 Å². The highest BCUT2D eigenvalue weighted by Crippen LogP contribution is 2.24. The van der Waals surface area contributed by atoms with Gasteiger partial charge in [-0.05, 0) is 31.5 Å². The molecule has 5 nitrogen and oxygen atoms in total. The standard InChI is InChI=1S/C23H24N4OS2/c1-3-27-21(13-18-7-5-4-6-8-18)25-26-23(27)30-16-19-15-29-22(24-19)14-28-20-11-9-17(2)10-12-20/h4-12,15H,3,13-14,16H2,1-2H3. The van der Waals surface area contributed by atoms with Gasteiger partial charge in [-0.25, -0.2) is 4.98 Å². The zero-order chi connectivity index (χ0) is 20.8. The SMILES string of the molecule is CCn1c(Cc2ccccc2)nnc1SCc1csc(COc2ccc(C)cc2)n1. The van der Waals surface area contributed by atoms with E-state index in [0.717, 1.165) is 46.2 Å². The average molecular weight is 437 g/mol. The molecular formula is C23H24N4OS2. The van der Waals surface area contributed by atoms with Crippen molar-refractivity contribution in [3.05, 3.63) is 87.6 Å². The largest absolute Gasteiger partial charge is 0.486 e. The Morgan fingerprint density at radius 2 is 1.83 bits per heavy atom. The molecule has 0 aliphatic heterocycles. The summed E-state index contributed by atoms with van der Waals surface area (Å²) in [7, 11) is 0. The lowest BCUT2D eigenvalue weighted by Gasteiger charge is -2.07. The van der Waals surface area contributed by atoms with Gasteiger partial charge in [0, 0.05) is 24.1 Å². The summed E-state index contributed by atoms with van der Waals surface area (Å²) in [6.07, 6.45) is 0.791. The summed E-state index contributed by atoms with van der Waals surface area (Å²) in [6, 6.07) is 18.5. The number of hydrogen-bond acceptors (Lipinski definition) is 6. The highest BCUT2D eigenvalue weighted by atomic mass is 32.2. The van der Waals surface area contributed by atoms with E-state index in [1.807, 2.05) is 18.2 Å². The Morgan fingerprint density at radius 1 is 1.03 bits per heavy atom. The maximum Gasteiger partial charge on any atom is 0.191 e. The summed E-state index contributed by atoms with van der Waals surface area (Å²) >= 11 is 3.31. The van der Waals surface area contributed by atoms with E-state index >= 15 is 0 Å². The molecule has 154 valence electrons. The van der Waals surface area contributed by atoms with Crippen LogP contribution >= 0.6 is 23.1 Å². The van der Waals surface area contributed by atoms with E-state index in [9.17, 15) is 0 Å². The average Bonchev–Trinajstić information content (AvgIpc) is 3.39. The quantitative estimate of drug-likeness (QED) is 0.323. The fourth-order valence-corrected chi connectivity index (χ4v) is 4.78. The van der Waals surface area contributed by atoms with Gasteiger partial charge in [0.2, 0.25) is 0 Å². The van der Waals surface area contributed by atoms with Crippen molar-refractivity contribution < 1.29 is 4.74 Å². The van der Waals surface area contributed by atoms with Crippen LogP contribution in [-0.2, 0) is 25.3 Å². The molecule has 2 aromatic heterocycles. The first-order valence-electron chi connectivity index (χ1n) is 9.93. The maximum absolute atomic E-state index is 5.83. The van der Waals surface area contributed by atoms with E-state index in [0.29, 0.717) is 6.61 Å². The Morgan fingerprint density at radius 3 is 2.60 bits per heavy atom. The predicted molar refractivity (Wildman–Crippen MR) is 122 cm³/mol. The van der Waals surface area contributed by atoms with E-state index in [4.69, 9.17) is 9.72 Å². The number of hydrogen-bond donors (Lipinski definition) is 0. The van der Waals surface area contributed by atoms with Gasteiger partial charge in [-0.3, -0.25) is 0 Å². The van der Waals surface area contributed by atoms with Gasteiger partial charge < -0.3 is 9.30 Å². The summed E-state index contributed by atoms with van der Waals surface area (Å²) < 4.78 is 8.02. The van der Waals surface area contributed by atoms with Crippen molar-refractivity contribution in [2.75, 3.05) is 0 Å². The molecule has 0 radical (unpaired) electrons. The van der Waals surface area contributed by atoms with Crippen molar-refractivity contribution in [1.29, 1.82) is 0 Å². The minimum absolute atomic E-state index is 0.491. The molecule has 30 heavy (non-hydrogen) atoms. The molecule has 0 atom stereocenters. The van der Waals surface area contributed by atoms with Crippen LogP contribution in [0.2, 0.25) is 0 Å². The molecule has 0 aliphatic rings. The molecule has 0 fully saturated rings. The smallest absolute Gasteiger partial charge is 0.191 e. The molecule has 0 saturated heterocycles. The lowest BCUT2D eigenvalue weighted by atomic mass is 10.1. The minimum atomic E-state index is 0.491. The van der Waals surface area contributed by atoms with Gasteiger partial charge in [0.15, 0.2) is 5.16 Å². The third kappa shape index (κ3) is 5.29. The van der Waals surface area contributed by atoms with E-state index < -0.39 is 0 Å². The summed E-state index contributed by atoms with van der Waals surface area (Å²) in [5.41, 5.74) is 3.51. The fourth-order valence-electron chi connectivity index (χ4n) is 3.05. The number of ether oxygens (including phenoxy) is 1. The number of aromatic nitrogens is 4. The van der Waals surface area contributed by atoms with Crippen LogP contribution in [0.3, 0.4) is 0 Å². The van der Waals surface area contributed by atoms with Gasteiger partial charge in [0.05, 0.1) is 5.69 Å². The molecule has 0 amide bonds. The van der Waals surface area contributed by atoms with E-state index in [-0.39, 0.29) is 0 Å². The first-order valence-corrected chi connectivity index (χ1v) is 11.8. The van der Waals surface area contributed by atoms with E-state index in [1.54, 1.807) is 23.1 Å². The van der Waals surface area contributed by atoms with Crippen molar-refractivity contribution in [1.82, 2.24) is 19.7 Å². The van der Waals surface area contributed by atoms with E-state index in [1.165, 1.54) is 11.1 Å². The zero-order valence-electron chi connectivity index (χ0n) is 17.1. The second-order valence-corrected chi connectivity index (χ2v) is 8.81. The lowest BCUT2D eigenvalue weighted by molar-refractivity contribution is 0.305. The predicted octanol–water partition coefficient (Wildman–Crippen LogP) is 5.53.